The topological polar surface area (TPSA) is 81.3 Å². The van der Waals surface area contributed by atoms with Crippen LogP contribution in [0, 0.1) is 12.8 Å². The molecule has 0 spiro atoms. The predicted octanol–water partition coefficient (Wildman–Crippen LogP) is 1.08. The highest BCUT2D eigenvalue weighted by Gasteiger charge is 2.52. The molecule has 1 aliphatic heterocycles. The fraction of sp³-hybridized carbons (Fsp3) is 0.409. The zero-order chi connectivity index (χ0) is 21.1. The van der Waals surface area contributed by atoms with E-state index in [4.69, 9.17) is 9.15 Å². The highest BCUT2D eigenvalue weighted by molar-refractivity contribution is 6.44. The van der Waals surface area contributed by atoms with Crippen LogP contribution in [0.2, 0.25) is 0 Å². The molecule has 7 heteroatoms. The van der Waals surface area contributed by atoms with E-state index in [1.165, 1.54) is 16.9 Å². The molecule has 1 amide bonds. The molecule has 3 rings (SSSR count). The Labute approximate surface area is 170 Å². The molecule has 0 aliphatic carbocycles. The summed E-state index contributed by atoms with van der Waals surface area (Å²) in [6, 6.07) is 9.41. The van der Waals surface area contributed by atoms with Gasteiger partial charge in [-0.3, -0.25) is 14.4 Å². The number of rotatable bonds is 8. The number of carbonyl (C=O) groups is 3. The number of hydrogen-bond donors (Lipinski definition) is 1. The maximum atomic E-state index is 13.3. The molecule has 2 unspecified atom stereocenters. The largest absolute Gasteiger partial charge is 0.497 e. The van der Waals surface area contributed by atoms with Crippen molar-refractivity contribution in [1.82, 2.24) is 4.90 Å². The summed E-state index contributed by atoms with van der Waals surface area (Å²) >= 11 is 0. The average molecular weight is 399 g/mol. The lowest BCUT2D eigenvalue weighted by atomic mass is 9.88. The third kappa shape index (κ3) is 4.24. The van der Waals surface area contributed by atoms with Crippen molar-refractivity contribution >= 4 is 17.5 Å². The van der Waals surface area contributed by atoms with Crippen LogP contribution in [0.25, 0.3) is 0 Å². The van der Waals surface area contributed by atoms with Gasteiger partial charge in [0.1, 0.15) is 29.2 Å². The van der Waals surface area contributed by atoms with Crippen molar-refractivity contribution < 1.29 is 28.4 Å². The van der Waals surface area contributed by atoms with E-state index >= 15 is 0 Å². The lowest BCUT2D eigenvalue weighted by molar-refractivity contribution is -0.858. The summed E-state index contributed by atoms with van der Waals surface area (Å²) in [6.45, 7) is 3.03. The van der Waals surface area contributed by atoms with Crippen molar-refractivity contribution in [3.05, 3.63) is 53.5 Å². The monoisotopic (exact) mass is 399 g/mol. The standard InChI is InChI=1S/C22H26N2O5/c1-14-9-10-17(29-14)19-18(20(25)15-7-5-8-16(13-15)28-4)21(26)22(27)24(19)12-6-11-23(2)3/h5,7-10,13,18-19H,6,11-12H2,1-4H3/p+1. The van der Waals surface area contributed by atoms with Crippen LogP contribution >= 0.6 is 0 Å². The van der Waals surface area contributed by atoms with E-state index < -0.39 is 29.4 Å². The molecule has 2 atom stereocenters. The molecule has 1 aromatic heterocycles. The summed E-state index contributed by atoms with van der Waals surface area (Å²) in [5.74, 6) is -1.21. The molecule has 1 aromatic carbocycles. The number of aryl methyl sites for hydroxylation is 1. The number of quaternary nitrogens is 1. The lowest BCUT2D eigenvalue weighted by Gasteiger charge is -2.25. The molecule has 1 N–H and O–H groups in total. The quantitative estimate of drug-likeness (QED) is 0.408. The number of ketones is 2. The summed E-state index contributed by atoms with van der Waals surface area (Å²) in [4.78, 5) is 41.7. The second kappa shape index (κ2) is 8.61. The molecule has 2 aromatic rings. The SMILES string of the molecule is COc1cccc(C(=O)C2C(=O)C(=O)N(CCC[NH+](C)C)C2c2ccc(C)o2)c1. The van der Waals surface area contributed by atoms with Crippen LogP contribution in [0.3, 0.4) is 0 Å². The van der Waals surface area contributed by atoms with E-state index in [1.807, 2.05) is 14.1 Å². The Bertz CT molecular complexity index is 917. The molecule has 0 saturated carbocycles. The van der Waals surface area contributed by atoms with Crippen molar-refractivity contribution in [3.63, 3.8) is 0 Å². The van der Waals surface area contributed by atoms with Crippen LogP contribution in [0.15, 0.2) is 40.8 Å². The number of nitrogens with one attached hydrogen (secondary N) is 1. The number of ether oxygens (including phenoxy) is 1. The number of hydrogen-bond acceptors (Lipinski definition) is 5. The van der Waals surface area contributed by atoms with E-state index in [9.17, 15) is 14.4 Å². The number of methoxy groups -OCH3 is 1. The summed E-state index contributed by atoms with van der Waals surface area (Å²) in [6.07, 6.45) is 0.720. The van der Waals surface area contributed by atoms with Gasteiger partial charge in [-0.25, -0.2) is 0 Å². The van der Waals surface area contributed by atoms with Crippen LogP contribution in [0.1, 0.15) is 34.3 Å². The lowest BCUT2D eigenvalue weighted by Crippen LogP contribution is -3.05. The van der Waals surface area contributed by atoms with Gasteiger partial charge in [0, 0.05) is 18.5 Å². The van der Waals surface area contributed by atoms with Gasteiger partial charge in [-0.05, 0) is 31.2 Å². The van der Waals surface area contributed by atoms with E-state index in [-0.39, 0.29) is 0 Å². The van der Waals surface area contributed by atoms with Crippen molar-refractivity contribution in [3.8, 4) is 5.75 Å². The first-order chi connectivity index (χ1) is 13.8. The van der Waals surface area contributed by atoms with Gasteiger partial charge >= 0.3 is 0 Å². The predicted molar refractivity (Wildman–Crippen MR) is 106 cm³/mol. The Balaban J connectivity index is 1.97. The third-order valence-corrected chi connectivity index (χ3v) is 5.17. The molecule has 2 heterocycles. The first-order valence-electron chi connectivity index (χ1n) is 9.72. The average Bonchev–Trinajstić information content (AvgIpc) is 3.23. The second-order valence-corrected chi connectivity index (χ2v) is 7.64. The van der Waals surface area contributed by atoms with E-state index in [2.05, 4.69) is 0 Å². The zero-order valence-corrected chi connectivity index (χ0v) is 17.2. The Morgan fingerprint density at radius 1 is 1.21 bits per heavy atom. The highest BCUT2D eigenvalue weighted by atomic mass is 16.5. The fourth-order valence-electron chi connectivity index (χ4n) is 3.72. The molecule has 1 fully saturated rings. The molecule has 29 heavy (non-hydrogen) atoms. The molecule has 1 aliphatic rings. The van der Waals surface area contributed by atoms with Gasteiger partial charge in [0.25, 0.3) is 5.91 Å². The molecular weight excluding hydrogens is 372 g/mol. The van der Waals surface area contributed by atoms with Gasteiger partial charge in [-0.1, -0.05) is 12.1 Å². The molecule has 7 nitrogen and oxygen atoms in total. The number of benzene rings is 1. The summed E-state index contributed by atoms with van der Waals surface area (Å²) < 4.78 is 10.9. The molecular formula is C22H27N2O5+. The zero-order valence-electron chi connectivity index (χ0n) is 17.2. The number of amides is 1. The molecule has 1 saturated heterocycles. The van der Waals surface area contributed by atoms with Gasteiger partial charge in [0.05, 0.1) is 27.7 Å². The minimum absolute atomic E-state index is 0.336. The minimum Gasteiger partial charge on any atom is -0.497 e. The summed E-state index contributed by atoms with van der Waals surface area (Å²) in [5, 5.41) is 0. The number of Topliss-reactive ketones (excluding diaryl/α,β-unsaturated/α-hetero) is 2. The molecule has 0 bridgehead atoms. The van der Waals surface area contributed by atoms with Crippen molar-refractivity contribution in [2.45, 2.75) is 19.4 Å². The van der Waals surface area contributed by atoms with Crippen molar-refractivity contribution in [2.75, 3.05) is 34.3 Å². The van der Waals surface area contributed by atoms with Crippen LogP contribution < -0.4 is 9.64 Å². The van der Waals surface area contributed by atoms with Gasteiger partial charge in [0.15, 0.2) is 5.78 Å². The second-order valence-electron chi connectivity index (χ2n) is 7.64. The van der Waals surface area contributed by atoms with Gasteiger partial charge in [-0.15, -0.1) is 0 Å². The molecule has 0 radical (unpaired) electrons. The smallest absolute Gasteiger partial charge is 0.291 e. The van der Waals surface area contributed by atoms with Crippen LogP contribution in [0.4, 0.5) is 0 Å². The fourth-order valence-corrected chi connectivity index (χ4v) is 3.72. The number of furan rings is 1. The third-order valence-electron chi connectivity index (χ3n) is 5.17. The Kier molecular flexibility index (Phi) is 6.17. The van der Waals surface area contributed by atoms with E-state index in [0.29, 0.717) is 29.4 Å². The van der Waals surface area contributed by atoms with Crippen LogP contribution in [-0.2, 0) is 9.59 Å². The maximum absolute atomic E-state index is 13.3. The highest BCUT2D eigenvalue weighted by Crippen LogP contribution is 2.39. The molecule has 154 valence electrons. The van der Waals surface area contributed by atoms with Crippen LogP contribution in [-0.4, -0.2) is 56.7 Å². The van der Waals surface area contributed by atoms with Crippen molar-refractivity contribution in [1.29, 1.82) is 0 Å². The maximum Gasteiger partial charge on any atom is 0.291 e. The number of carbonyl (C=O) groups excluding carboxylic acids is 3. The number of likely N-dealkylation sites (tertiary alicyclic amines) is 1. The van der Waals surface area contributed by atoms with Gasteiger partial charge in [0.2, 0.25) is 5.78 Å². The number of nitrogens with zero attached hydrogens (tertiary/aromatic N) is 1. The van der Waals surface area contributed by atoms with Gasteiger partial charge in [-0.2, -0.15) is 0 Å². The summed E-state index contributed by atoms with van der Waals surface area (Å²) in [7, 11) is 5.57. The van der Waals surface area contributed by atoms with Gasteiger partial charge < -0.3 is 19.0 Å². The normalized spacial score (nSPS) is 19.3. The Hall–Kier alpha value is -2.93. The van der Waals surface area contributed by atoms with Crippen molar-refractivity contribution in [2.24, 2.45) is 5.92 Å². The van der Waals surface area contributed by atoms with E-state index in [1.54, 1.807) is 43.3 Å². The summed E-state index contributed by atoms with van der Waals surface area (Å²) in [5.41, 5.74) is 0.336. The van der Waals surface area contributed by atoms with E-state index in [0.717, 1.165) is 13.0 Å². The van der Waals surface area contributed by atoms with Crippen LogP contribution in [0.5, 0.6) is 5.75 Å². The Morgan fingerprint density at radius 3 is 2.59 bits per heavy atom. The minimum atomic E-state index is -1.13. The Morgan fingerprint density at radius 2 is 1.97 bits per heavy atom. The first-order valence-corrected chi connectivity index (χ1v) is 9.72. The first kappa shape index (κ1) is 20.8.